The number of hydrogen-bond acceptors (Lipinski definition) is 4. The van der Waals surface area contributed by atoms with Crippen molar-refractivity contribution in [3.05, 3.63) is 65.0 Å². The third kappa shape index (κ3) is 4.35. The molecule has 1 unspecified atom stereocenters. The summed E-state index contributed by atoms with van der Waals surface area (Å²) in [6, 6.07) is 11.5. The first-order valence-electron chi connectivity index (χ1n) is 9.19. The van der Waals surface area contributed by atoms with Crippen molar-refractivity contribution in [1.29, 1.82) is 0 Å². The Hall–Kier alpha value is -2.41. The Bertz CT molecular complexity index is 974. The van der Waals surface area contributed by atoms with E-state index in [2.05, 4.69) is 0 Å². The maximum absolute atomic E-state index is 14.1. The lowest BCUT2D eigenvalue weighted by atomic mass is 10.1. The summed E-state index contributed by atoms with van der Waals surface area (Å²) in [7, 11) is -1.95. The molecular formula is C21H24FNO4S. The van der Waals surface area contributed by atoms with Gasteiger partial charge in [-0.25, -0.2) is 12.8 Å². The molecule has 3 rings (SSSR count). The minimum absolute atomic E-state index is 0.126. The van der Waals surface area contributed by atoms with Crippen LogP contribution in [0.15, 0.2) is 42.5 Å². The first kappa shape index (κ1) is 20.3. The van der Waals surface area contributed by atoms with Crippen molar-refractivity contribution in [3.8, 4) is 5.75 Å². The van der Waals surface area contributed by atoms with Crippen LogP contribution in [0.3, 0.4) is 0 Å². The quantitative estimate of drug-likeness (QED) is 0.784. The summed E-state index contributed by atoms with van der Waals surface area (Å²) < 4.78 is 44.7. The Balaban J connectivity index is 1.74. The van der Waals surface area contributed by atoms with Crippen molar-refractivity contribution in [2.24, 2.45) is 0 Å². The number of methoxy groups -OCH3 is 1. The lowest BCUT2D eigenvalue weighted by molar-refractivity contribution is -0.130. The number of amides is 1. The van der Waals surface area contributed by atoms with Crippen LogP contribution >= 0.6 is 0 Å². The fourth-order valence-corrected chi connectivity index (χ4v) is 5.42. The van der Waals surface area contributed by atoms with Gasteiger partial charge in [-0.1, -0.05) is 30.3 Å². The molecule has 1 aliphatic heterocycles. The second-order valence-corrected chi connectivity index (χ2v) is 9.33. The second-order valence-electron chi connectivity index (χ2n) is 7.03. The third-order valence-electron chi connectivity index (χ3n) is 5.16. The smallest absolute Gasteiger partial charge is 0.227 e. The van der Waals surface area contributed by atoms with Crippen molar-refractivity contribution in [2.45, 2.75) is 25.0 Å². The van der Waals surface area contributed by atoms with E-state index in [1.165, 1.54) is 18.2 Å². The van der Waals surface area contributed by atoms with Crippen LogP contribution < -0.4 is 4.74 Å². The molecule has 0 saturated carbocycles. The van der Waals surface area contributed by atoms with Crippen molar-refractivity contribution in [2.75, 3.05) is 26.0 Å². The van der Waals surface area contributed by atoms with Crippen LogP contribution in [0, 0.1) is 12.7 Å². The molecule has 1 atom stereocenters. The monoisotopic (exact) mass is 405 g/mol. The summed E-state index contributed by atoms with van der Waals surface area (Å²) in [5, 5.41) is -0.922. The van der Waals surface area contributed by atoms with E-state index in [-0.39, 0.29) is 43.2 Å². The van der Waals surface area contributed by atoms with Crippen molar-refractivity contribution < 1.29 is 22.3 Å². The van der Waals surface area contributed by atoms with Gasteiger partial charge in [-0.05, 0) is 36.6 Å². The minimum Gasteiger partial charge on any atom is -0.496 e. The molecule has 7 heteroatoms. The maximum Gasteiger partial charge on any atom is 0.227 e. The van der Waals surface area contributed by atoms with Gasteiger partial charge in [-0.3, -0.25) is 4.79 Å². The highest BCUT2D eigenvalue weighted by Crippen LogP contribution is 2.31. The summed E-state index contributed by atoms with van der Waals surface area (Å²) >= 11 is 0. The van der Waals surface area contributed by atoms with Crippen LogP contribution in [0.25, 0.3) is 0 Å². The van der Waals surface area contributed by atoms with E-state index in [9.17, 15) is 17.6 Å². The molecule has 150 valence electrons. The molecule has 0 spiro atoms. The number of benzene rings is 2. The lowest BCUT2D eigenvalue weighted by Gasteiger charge is -2.20. The number of carbonyl (C=O) groups is 1. The number of aryl methyl sites for hydroxylation is 1. The fourth-order valence-electron chi connectivity index (χ4n) is 3.62. The van der Waals surface area contributed by atoms with Crippen LogP contribution in [0.5, 0.6) is 5.75 Å². The average Bonchev–Trinajstić information content (AvgIpc) is 2.80. The highest BCUT2D eigenvalue weighted by Gasteiger charge is 2.34. The Morgan fingerprint density at radius 2 is 1.96 bits per heavy atom. The summed E-state index contributed by atoms with van der Waals surface area (Å²) in [5.41, 5.74) is 1.97. The van der Waals surface area contributed by atoms with Gasteiger partial charge in [0, 0.05) is 18.7 Å². The van der Waals surface area contributed by atoms with E-state index in [4.69, 9.17) is 4.74 Å². The number of ether oxygens (including phenoxy) is 1. The fraction of sp³-hybridized carbons (Fsp3) is 0.381. The number of halogens is 1. The van der Waals surface area contributed by atoms with Crippen LogP contribution in [-0.4, -0.2) is 45.2 Å². The summed E-state index contributed by atoms with van der Waals surface area (Å²) in [6.07, 6.45) is 0.381. The molecule has 1 amide bonds. The van der Waals surface area contributed by atoms with Gasteiger partial charge in [-0.15, -0.1) is 0 Å². The SMILES string of the molecule is COc1ccc(CC(=O)N2CCC(c3ccccc3F)S(=O)(=O)CC2)cc1C. The third-order valence-corrected chi connectivity index (χ3v) is 7.27. The van der Waals surface area contributed by atoms with Gasteiger partial charge < -0.3 is 9.64 Å². The molecule has 1 aliphatic rings. The van der Waals surface area contributed by atoms with Gasteiger partial charge >= 0.3 is 0 Å². The normalized spacial score (nSPS) is 19.1. The molecule has 2 aromatic carbocycles. The summed E-state index contributed by atoms with van der Waals surface area (Å²) in [5.74, 6) is -0.0670. The molecule has 2 aromatic rings. The van der Waals surface area contributed by atoms with Crippen molar-refractivity contribution >= 4 is 15.7 Å². The Morgan fingerprint density at radius 3 is 2.64 bits per heavy atom. The summed E-state index contributed by atoms with van der Waals surface area (Å²) in [4.78, 5) is 14.3. The average molecular weight is 405 g/mol. The first-order valence-corrected chi connectivity index (χ1v) is 10.9. The van der Waals surface area contributed by atoms with E-state index < -0.39 is 20.9 Å². The van der Waals surface area contributed by atoms with Crippen LogP contribution in [0.1, 0.15) is 28.4 Å². The molecule has 1 saturated heterocycles. The van der Waals surface area contributed by atoms with Crippen molar-refractivity contribution in [1.82, 2.24) is 4.90 Å². The van der Waals surface area contributed by atoms with Gasteiger partial charge in [-0.2, -0.15) is 0 Å². The molecular weight excluding hydrogens is 381 g/mol. The summed E-state index contributed by atoms with van der Waals surface area (Å²) in [6.45, 7) is 2.32. The van der Waals surface area contributed by atoms with E-state index in [0.717, 1.165) is 16.9 Å². The lowest BCUT2D eigenvalue weighted by Crippen LogP contribution is -2.34. The van der Waals surface area contributed by atoms with E-state index >= 15 is 0 Å². The number of sulfone groups is 1. The standard InChI is InChI=1S/C21H24FNO4S/c1-15-13-16(7-8-19(15)27-2)14-21(24)23-10-9-20(28(25,26)12-11-23)17-5-3-4-6-18(17)22/h3-8,13,20H,9-12,14H2,1-2H3. The molecule has 0 N–H and O–H groups in total. The Labute approximate surface area is 165 Å². The van der Waals surface area contributed by atoms with Gasteiger partial charge in [0.15, 0.2) is 9.84 Å². The predicted octanol–water partition coefficient (Wildman–Crippen LogP) is 3.07. The molecule has 0 bridgehead atoms. The van der Waals surface area contributed by atoms with Crippen molar-refractivity contribution in [3.63, 3.8) is 0 Å². The van der Waals surface area contributed by atoms with Gasteiger partial charge in [0.2, 0.25) is 5.91 Å². The Kier molecular flexibility index (Phi) is 6.03. The number of nitrogens with zero attached hydrogens (tertiary/aromatic N) is 1. The van der Waals surface area contributed by atoms with Crippen LogP contribution in [0.4, 0.5) is 4.39 Å². The molecule has 0 aliphatic carbocycles. The number of carbonyl (C=O) groups excluding carboxylic acids is 1. The molecule has 1 fully saturated rings. The number of rotatable bonds is 4. The second kappa shape index (κ2) is 8.31. The zero-order valence-electron chi connectivity index (χ0n) is 16.0. The van der Waals surface area contributed by atoms with E-state index in [0.29, 0.717) is 0 Å². The molecule has 28 heavy (non-hydrogen) atoms. The van der Waals surface area contributed by atoms with Gasteiger partial charge in [0.1, 0.15) is 11.6 Å². The van der Waals surface area contributed by atoms with Gasteiger partial charge in [0.05, 0.1) is 24.5 Å². The highest BCUT2D eigenvalue weighted by atomic mass is 32.2. The first-order chi connectivity index (χ1) is 13.3. The van der Waals surface area contributed by atoms with Crippen LogP contribution in [-0.2, 0) is 21.1 Å². The zero-order valence-corrected chi connectivity index (χ0v) is 16.8. The number of hydrogen-bond donors (Lipinski definition) is 0. The molecule has 5 nitrogen and oxygen atoms in total. The highest BCUT2D eigenvalue weighted by molar-refractivity contribution is 7.91. The van der Waals surface area contributed by atoms with Crippen LogP contribution in [0.2, 0.25) is 0 Å². The van der Waals surface area contributed by atoms with Gasteiger partial charge in [0.25, 0.3) is 0 Å². The van der Waals surface area contributed by atoms with E-state index in [1.54, 1.807) is 18.1 Å². The molecule has 0 aromatic heterocycles. The predicted molar refractivity (Wildman–Crippen MR) is 106 cm³/mol. The molecule has 1 heterocycles. The Morgan fingerprint density at radius 1 is 1.21 bits per heavy atom. The largest absolute Gasteiger partial charge is 0.496 e. The maximum atomic E-state index is 14.1. The zero-order chi connectivity index (χ0) is 20.3. The van der Waals surface area contributed by atoms with E-state index in [1.807, 2.05) is 25.1 Å². The topological polar surface area (TPSA) is 63.7 Å². The molecule has 0 radical (unpaired) electrons. The minimum atomic E-state index is -3.54.